The number of hydrogen-bond acceptors (Lipinski definition) is 2. The first-order valence-electron chi connectivity index (χ1n) is 7.78. The normalized spacial score (nSPS) is 11.1. The molecule has 0 saturated heterocycles. The Hall–Kier alpha value is -1.42. The van der Waals surface area contributed by atoms with E-state index in [1.54, 1.807) is 12.1 Å². The second-order valence-electron chi connectivity index (χ2n) is 5.67. The maximum atomic E-state index is 12.8. The van der Waals surface area contributed by atoms with Gasteiger partial charge in [-0.25, -0.2) is 4.39 Å². The summed E-state index contributed by atoms with van der Waals surface area (Å²) in [6.45, 7) is 8.21. The first kappa shape index (κ1) is 17.6. The van der Waals surface area contributed by atoms with Crippen molar-refractivity contribution in [1.82, 2.24) is 10.2 Å². The largest absolute Gasteiger partial charge is 0.351 e. The standard InChI is InChI=1S/C17H27FN2O/c1-4-5-6-11-20(14(2)3)13-17(21)19-12-15-7-9-16(18)10-8-15/h7-10,14H,4-6,11-13H2,1-3H3,(H,19,21). The van der Waals surface area contributed by atoms with Crippen LogP contribution in [0.15, 0.2) is 24.3 Å². The van der Waals surface area contributed by atoms with Crippen molar-refractivity contribution < 1.29 is 9.18 Å². The molecule has 0 radical (unpaired) electrons. The first-order chi connectivity index (χ1) is 10.0. The van der Waals surface area contributed by atoms with Crippen LogP contribution in [0.2, 0.25) is 0 Å². The van der Waals surface area contributed by atoms with Gasteiger partial charge in [0.15, 0.2) is 0 Å². The van der Waals surface area contributed by atoms with Gasteiger partial charge >= 0.3 is 0 Å². The lowest BCUT2D eigenvalue weighted by Crippen LogP contribution is -2.41. The molecule has 0 aliphatic rings. The molecule has 118 valence electrons. The topological polar surface area (TPSA) is 32.3 Å². The molecule has 0 fully saturated rings. The molecule has 1 N–H and O–H groups in total. The molecular weight excluding hydrogens is 267 g/mol. The van der Waals surface area contributed by atoms with Crippen molar-refractivity contribution in [2.75, 3.05) is 13.1 Å². The third-order valence-electron chi connectivity index (χ3n) is 3.53. The smallest absolute Gasteiger partial charge is 0.234 e. The summed E-state index contributed by atoms with van der Waals surface area (Å²) in [6.07, 6.45) is 3.50. The fourth-order valence-electron chi connectivity index (χ4n) is 2.13. The SMILES string of the molecule is CCCCCN(CC(=O)NCc1ccc(F)cc1)C(C)C. The zero-order valence-electron chi connectivity index (χ0n) is 13.4. The first-order valence-corrected chi connectivity index (χ1v) is 7.78. The number of amides is 1. The lowest BCUT2D eigenvalue weighted by atomic mass is 10.2. The number of carbonyl (C=O) groups excluding carboxylic acids is 1. The van der Waals surface area contributed by atoms with Crippen molar-refractivity contribution in [2.45, 2.75) is 52.6 Å². The molecule has 3 nitrogen and oxygen atoms in total. The van der Waals surface area contributed by atoms with E-state index in [2.05, 4.69) is 31.0 Å². The van der Waals surface area contributed by atoms with Crippen molar-refractivity contribution in [2.24, 2.45) is 0 Å². The van der Waals surface area contributed by atoms with Gasteiger partial charge in [-0.2, -0.15) is 0 Å². The third-order valence-corrected chi connectivity index (χ3v) is 3.53. The van der Waals surface area contributed by atoms with Gasteiger partial charge in [0.2, 0.25) is 5.91 Å². The number of benzene rings is 1. The molecule has 0 aromatic heterocycles. The molecule has 0 atom stereocenters. The predicted molar refractivity (Wildman–Crippen MR) is 84.5 cm³/mol. The van der Waals surface area contributed by atoms with Crippen LogP contribution in [0.25, 0.3) is 0 Å². The average molecular weight is 294 g/mol. The number of nitrogens with zero attached hydrogens (tertiary/aromatic N) is 1. The Bertz CT molecular complexity index is 417. The summed E-state index contributed by atoms with van der Waals surface area (Å²) in [5.74, 6) is -0.239. The van der Waals surface area contributed by atoms with Crippen LogP contribution in [0.4, 0.5) is 4.39 Å². The summed E-state index contributed by atoms with van der Waals surface area (Å²) in [5.41, 5.74) is 0.909. The number of unbranched alkanes of at least 4 members (excludes halogenated alkanes) is 2. The van der Waals surface area contributed by atoms with Crippen LogP contribution in [0, 0.1) is 5.82 Å². The van der Waals surface area contributed by atoms with Gasteiger partial charge in [-0.3, -0.25) is 9.69 Å². The molecule has 0 saturated carbocycles. The molecular formula is C17H27FN2O. The molecule has 1 rings (SSSR count). The predicted octanol–water partition coefficient (Wildman–Crippen LogP) is 3.34. The van der Waals surface area contributed by atoms with Crippen LogP contribution in [0.1, 0.15) is 45.6 Å². The number of halogens is 1. The highest BCUT2D eigenvalue weighted by Gasteiger charge is 2.13. The second-order valence-corrected chi connectivity index (χ2v) is 5.67. The van der Waals surface area contributed by atoms with E-state index in [0.717, 1.165) is 18.5 Å². The molecule has 1 aromatic carbocycles. The van der Waals surface area contributed by atoms with Crippen LogP contribution < -0.4 is 5.32 Å². The Morgan fingerprint density at radius 1 is 1.24 bits per heavy atom. The Morgan fingerprint density at radius 3 is 2.48 bits per heavy atom. The fraction of sp³-hybridized carbons (Fsp3) is 0.588. The summed E-state index contributed by atoms with van der Waals surface area (Å²) in [7, 11) is 0. The van der Waals surface area contributed by atoms with Gasteiger partial charge in [0, 0.05) is 12.6 Å². The van der Waals surface area contributed by atoms with Crippen molar-refractivity contribution in [1.29, 1.82) is 0 Å². The monoisotopic (exact) mass is 294 g/mol. The molecule has 0 aliphatic carbocycles. The Balaban J connectivity index is 2.37. The van der Waals surface area contributed by atoms with Gasteiger partial charge in [-0.1, -0.05) is 31.9 Å². The minimum Gasteiger partial charge on any atom is -0.351 e. The second kappa shape index (κ2) is 9.50. The molecule has 0 aliphatic heterocycles. The quantitative estimate of drug-likeness (QED) is 0.708. The van der Waals surface area contributed by atoms with Gasteiger partial charge in [0.1, 0.15) is 5.82 Å². The lowest BCUT2D eigenvalue weighted by molar-refractivity contribution is -0.122. The summed E-state index contributed by atoms with van der Waals surface area (Å²) < 4.78 is 12.8. The number of rotatable bonds is 9. The fourth-order valence-corrected chi connectivity index (χ4v) is 2.13. The van der Waals surface area contributed by atoms with Crippen LogP contribution in [-0.2, 0) is 11.3 Å². The van der Waals surface area contributed by atoms with E-state index < -0.39 is 0 Å². The Morgan fingerprint density at radius 2 is 1.90 bits per heavy atom. The minimum atomic E-state index is -0.257. The van der Waals surface area contributed by atoms with Gasteiger partial charge in [0.25, 0.3) is 0 Å². The van der Waals surface area contributed by atoms with E-state index in [4.69, 9.17) is 0 Å². The van der Waals surface area contributed by atoms with E-state index in [9.17, 15) is 9.18 Å². The highest BCUT2D eigenvalue weighted by molar-refractivity contribution is 5.78. The maximum absolute atomic E-state index is 12.8. The molecule has 0 spiro atoms. The minimum absolute atomic E-state index is 0.0181. The van der Waals surface area contributed by atoms with Crippen molar-refractivity contribution in [3.63, 3.8) is 0 Å². The number of nitrogens with one attached hydrogen (secondary N) is 1. The van der Waals surface area contributed by atoms with E-state index in [1.807, 2.05) is 0 Å². The van der Waals surface area contributed by atoms with Crippen LogP contribution in [-0.4, -0.2) is 29.9 Å². The summed E-state index contributed by atoms with van der Waals surface area (Å²) in [6, 6.07) is 6.56. The van der Waals surface area contributed by atoms with Gasteiger partial charge in [-0.05, 0) is 44.5 Å². The highest BCUT2D eigenvalue weighted by Crippen LogP contribution is 2.04. The lowest BCUT2D eigenvalue weighted by Gasteiger charge is -2.25. The number of carbonyl (C=O) groups is 1. The third kappa shape index (κ3) is 7.23. The highest BCUT2D eigenvalue weighted by atomic mass is 19.1. The van der Waals surface area contributed by atoms with Crippen molar-refractivity contribution in [3.8, 4) is 0 Å². The van der Waals surface area contributed by atoms with E-state index in [-0.39, 0.29) is 11.7 Å². The summed E-state index contributed by atoms with van der Waals surface area (Å²) in [4.78, 5) is 14.2. The van der Waals surface area contributed by atoms with E-state index in [0.29, 0.717) is 19.1 Å². The average Bonchev–Trinajstić information content (AvgIpc) is 2.45. The zero-order chi connectivity index (χ0) is 15.7. The van der Waals surface area contributed by atoms with Crippen molar-refractivity contribution >= 4 is 5.91 Å². The van der Waals surface area contributed by atoms with Crippen LogP contribution in [0.3, 0.4) is 0 Å². The van der Waals surface area contributed by atoms with Gasteiger partial charge in [0.05, 0.1) is 6.54 Å². The van der Waals surface area contributed by atoms with E-state index >= 15 is 0 Å². The van der Waals surface area contributed by atoms with Gasteiger partial charge in [-0.15, -0.1) is 0 Å². The van der Waals surface area contributed by atoms with Crippen molar-refractivity contribution in [3.05, 3.63) is 35.6 Å². The summed E-state index contributed by atoms with van der Waals surface area (Å²) >= 11 is 0. The maximum Gasteiger partial charge on any atom is 0.234 e. The van der Waals surface area contributed by atoms with Gasteiger partial charge < -0.3 is 5.32 Å². The zero-order valence-corrected chi connectivity index (χ0v) is 13.4. The summed E-state index contributed by atoms with van der Waals surface area (Å²) in [5, 5.41) is 2.89. The molecule has 0 bridgehead atoms. The van der Waals surface area contributed by atoms with Crippen LogP contribution >= 0.6 is 0 Å². The Kier molecular flexibility index (Phi) is 7.98. The molecule has 21 heavy (non-hydrogen) atoms. The molecule has 1 amide bonds. The number of hydrogen-bond donors (Lipinski definition) is 1. The molecule has 0 unspecified atom stereocenters. The molecule has 4 heteroatoms. The molecule has 0 heterocycles. The van der Waals surface area contributed by atoms with Crippen LogP contribution in [0.5, 0.6) is 0 Å². The van der Waals surface area contributed by atoms with E-state index in [1.165, 1.54) is 25.0 Å². The molecule has 1 aromatic rings. The Labute approximate surface area is 127 Å².